The average molecular weight is 480 g/mol. The molecule has 0 aliphatic carbocycles. The van der Waals surface area contributed by atoms with Crippen molar-refractivity contribution in [2.45, 2.75) is 6.54 Å². The Labute approximate surface area is 201 Å². The Morgan fingerprint density at radius 1 is 0.742 bits per heavy atom. The molecule has 5 heteroatoms. The SMILES string of the molecule is C[N-]Cc1ccccc1Pc1cc(-c2ccccc2)cc(-c2ccccc2)c1O.[Cl][Ti+]. The van der Waals surface area contributed by atoms with Crippen molar-refractivity contribution in [1.29, 1.82) is 0 Å². The molecule has 0 radical (unpaired) electrons. The number of nitrogens with zero attached hydrogens (tertiary/aromatic N) is 1. The van der Waals surface area contributed by atoms with Gasteiger partial charge in [0.1, 0.15) is 5.75 Å². The molecular formula is C26H23ClNOPTi. The zero-order valence-corrected chi connectivity index (χ0v) is 20.5. The van der Waals surface area contributed by atoms with Crippen LogP contribution in [-0.2, 0) is 25.9 Å². The van der Waals surface area contributed by atoms with Crippen molar-refractivity contribution < 1.29 is 24.5 Å². The molecule has 0 fully saturated rings. The summed E-state index contributed by atoms with van der Waals surface area (Å²) in [5.74, 6) is 0.359. The van der Waals surface area contributed by atoms with Gasteiger partial charge in [0.2, 0.25) is 0 Å². The van der Waals surface area contributed by atoms with Crippen molar-refractivity contribution in [2.75, 3.05) is 7.05 Å². The molecule has 0 bridgehead atoms. The Bertz CT molecular complexity index is 1110. The van der Waals surface area contributed by atoms with Crippen LogP contribution in [-0.4, -0.2) is 12.2 Å². The first-order valence-corrected chi connectivity index (χ1v) is 13.0. The molecule has 4 aromatic carbocycles. The van der Waals surface area contributed by atoms with E-state index in [0.29, 0.717) is 20.9 Å². The molecule has 0 spiro atoms. The Morgan fingerprint density at radius 3 is 1.97 bits per heavy atom. The molecular weight excluding hydrogens is 457 g/mol. The van der Waals surface area contributed by atoms with Crippen LogP contribution in [0.4, 0.5) is 0 Å². The van der Waals surface area contributed by atoms with Gasteiger partial charge in [-0.2, -0.15) is 7.05 Å². The Kier molecular flexibility index (Phi) is 9.34. The number of hydrogen-bond donors (Lipinski definition) is 1. The number of aromatic hydroxyl groups is 1. The van der Waals surface area contributed by atoms with Crippen molar-refractivity contribution in [2.24, 2.45) is 0 Å². The minimum atomic E-state index is 0.357. The second kappa shape index (κ2) is 12.2. The van der Waals surface area contributed by atoms with Gasteiger partial charge in [-0.3, -0.25) is 0 Å². The van der Waals surface area contributed by atoms with E-state index in [1.54, 1.807) is 0 Å². The predicted molar refractivity (Wildman–Crippen MR) is 132 cm³/mol. The molecule has 0 aliphatic rings. The van der Waals surface area contributed by atoms with Crippen molar-refractivity contribution in [3.8, 4) is 28.0 Å². The number of phenolic OH excluding ortho intramolecular Hbond substituents is 1. The molecule has 0 aliphatic heterocycles. The normalized spacial score (nSPS) is 10.6. The van der Waals surface area contributed by atoms with Crippen LogP contribution in [0.5, 0.6) is 5.75 Å². The molecule has 1 N–H and O–H groups in total. The standard InChI is InChI=1S/C26H23NOP.ClH.Ti/c1-27-18-21-14-8-9-15-24(21)29-25-17-22(19-10-4-2-5-11-19)16-23(26(25)28)20-12-6-3-7-13-20;;/h2-17,28-29H,18H2,1H3;1H;/q-1;;+2/p-1. The summed E-state index contributed by atoms with van der Waals surface area (Å²) in [6, 6.07) is 33.0. The van der Waals surface area contributed by atoms with Gasteiger partial charge >= 0.3 is 28.7 Å². The first-order chi connectivity index (χ1) is 15.3. The molecule has 0 heterocycles. The zero-order chi connectivity index (χ0) is 22.1. The van der Waals surface area contributed by atoms with E-state index in [9.17, 15) is 5.11 Å². The maximum atomic E-state index is 11.2. The van der Waals surface area contributed by atoms with Crippen molar-refractivity contribution in [3.05, 3.63) is 108 Å². The molecule has 1 unspecified atom stereocenters. The van der Waals surface area contributed by atoms with Crippen LogP contribution in [0.25, 0.3) is 27.6 Å². The molecule has 1 atom stereocenters. The Morgan fingerprint density at radius 2 is 1.32 bits per heavy atom. The van der Waals surface area contributed by atoms with Crippen molar-refractivity contribution >= 4 is 28.5 Å². The first-order valence-electron chi connectivity index (χ1n) is 9.83. The first kappa shape index (κ1) is 23.7. The van der Waals surface area contributed by atoms with E-state index in [0.717, 1.165) is 27.6 Å². The number of benzene rings is 4. The van der Waals surface area contributed by atoms with Gasteiger partial charge in [-0.15, -0.1) is 6.54 Å². The fourth-order valence-corrected chi connectivity index (χ4v) is 4.73. The maximum absolute atomic E-state index is 11.2. The quantitative estimate of drug-likeness (QED) is 0.247. The number of hydrogen-bond acceptors (Lipinski definition) is 1. The van der Waals surface area contributed by atoms with Crippen LogP contribution in [0.1, 0.15) is 5.56 Å². The van der Waals surface area contributed by atoms with Crippen LogP contribution in [0, 0.1) is 0 Å². The van der Waals surface area contributed by atoms with E-state index in [1.807, 2.05) is 61.6 Å². The minimum absolute atomic E-state index is 0.357. The van der Waals surface area contributed by atoms with Crippen LogP contribution in [0.2, 0.25) is 0 Å². The fourth-order valence-electron chi connectivity index (χ4n) is 3.46. The van der Waals surface area contributed by atoms with Gasteiger partial charge in [-0.25, -0.2) is 0 Å². The molecule has 0 saturated carbocycles. The van der Waals surface area contributed by atoms with E-state index in [-0.39, 0.29) is 0 Å². The molecule has 154 valence electrons. The molecule has 0 aromatic heterocycles. The summed E-state index contributed by atoms with van der Waals surface area (Å²) in [7, 11) is 6.83. The van der Waals surface area contributed by atoms with E-state index in [4.69, 9.17) is 0 Å². The van der Waals surface area contributed by atoms with Gasteiger partial charge in [0.05, 0.1) is 0 Å². The number of halogens is 1. The summed E-state index contributed by atoms with van der Waals surface area (Å²) >= 11 is 1.47. The molecule has 4 aromatic rings. The average Bonchev–Trinajstić information content (AvgIpc) is 2.84. The van der Waals surface area contributed by atoms with Crippen LogP contribution in [0.3, 0.4) is 0 Å². The molecule has 0 amide bonds. The van der Waals surface area contributed by atoms with E-state index in [1.165, 1.54) is 30.2 Å². The summed E-state index contributed by atoms with van der Waals surface area (Å²) in [5.41, 5.74) is 5.35. The molecule has 2 nitrogen and oxygen atoms in total. The number of phenols is 1. The zero-order valence-electron chi connectivity index (χ0n) is 17.2. The summed E-state index contributed by atoms with van der Waals surface area (Å²) in [4.78, 5) is 0. The van der Waals surface area contributed by atoms with Gasteiger partial charge < -0.3 is 10.4 Å². The third-order valence-corrected chi connectivity index (χ3v) is 6.32. The van der Waals surface area contributed by atoms with Crippen LogP contribution >= 0.6 is 17.9 Å². The van der Waals surface area contributed by atoms with E-state index in [2.05, 4.69) is 57.1 Å². The predicted octanol–water partition coefficient (Wildman–Crippen LogP) is 6.55. The Hall–Kier alpha value is -1.93. The molecule has 0 saturated heterocycles. The summed E-state index contributed by atoms with van der Waals surface area (Å²) in [5, 5.41) is 17.7. The Balaban J connectivity index is 0.00000132. The second-order valence-corrected chi connectivity index (χ2v) is 8.24. The van der Waals surface area contributed by atoms with Crippen molar-refractivity contribution in [3.63, 3.8) is 0 Å². The third kappa shape index (κ3) is 6.07. The number of rotatable bonds is 6. The third-order valence-electron chi connectivity index (χ3n) is 4.92. The monoisotopic (exact) mass is 479 g/mol. The van der Waals surface area contributed by atoms with Gasteiger partial charge in [-0.1, -0.05) is 99.1 Å². The fraction of sp³-hybridized carbons (Fsp3) is 0.0769. The van der Waals surface area contributed by atoms with Gasteiger partial charge in [0.25, 0.3) is 0 Å². The van der Waals surface area contributed by atoms with Crippen LogP contribution < -0.4 is 10.6 Å². The summed E-state index contributed by atoms with van der Waals surface area (Å²) in [6.45, 7) is 0.688. The van der Waals surface area contributed by atoms with Gasteiger partial charge in [0.15, 0.2) is 0 Å². The topological polar surface area (TPSA) is 34.3 Å². The molecule has 31 heavy (non-hydrogen) atoms. The second-order valence-electron chi connectivity index (χ2n) is 6.91. The van der Waals surface area contributed by atoms with E-state index >= 15 is 0 Å². The van der Waals surface area contributed by atoms with Crippen molar-refractivity contribution in [1.82, 2.24) is 0 Å². The summed E-state index contributed by atoms with van der Waals surface area (Å²) < 4.78 is 0. The molecule has 4 rings (SSSR count). The summed E-state index contributed by atoms with van der Waals surface area (Å²) in [6.07, 6.45) is 0. The van der Waals surface area contributed by atoms with Gasteiger partial charge in [0, 0.05) is 10.9 Å². The van der Waals surface area contributed by atoms with Crippen LogP contribution in [0.15, 0.2) is 97.1 Å². The van der Waals surface area contributed by atoms with Gasteiger partial charge in [-0.05, 0) is 34.1 Å². The van der Waals surface area contributed by atoms with E-state index < -0.39 is 0 Å².